The predicted octanol–water partition coefficient (Wildman–Crippen LogP) is 2.69. The summed E-state index contributed by atoms with van der Waals surface area (Å²) in [5, 5.41) is 8.97. The fourth-order valence-corrected chi connectivity index (χ4v) is 1.95. The molecule has 0 saturated heterocycles. The summed E-state index contributed by atoms with van der Waals surface area (Å²) in [4.78, 5) is 0. The Kier molecular flexibility index (Phi) is 3.89. The first-order valence-electron chi connectivity index (χ1n) is 4.24. The van der Waals surface area contributed by atoms with E-state index in [2.05, 4.69) is 15.9 Å². The van der Waals surface area contributed by atoms with Gasteiger partial charge >= 0.3 is 0 Å². The number of aliphatic hydroxyl groups excluding tert-OH is 1. The van der Waals surface area contributed by atoms with Crippen molar-refractivity contribution in [1.82, 2.24) is 0 Å². The summed E-state index contributed by atoms with van der Waals surface area (Å²) in [7, 11) is 1.42. The van der Waals surface area contributed by atoms with Gasteiger partial charge in [-0.05, 0) is 12.1 Å². The highest BCUT2D eigenvalue weighted by Crippen LogP contribution is 2.32. The predicted molar refractivity (Wildman–Crippen MR) is 56.2 cm³/mol. The molecule has 0 heterocycles. The normalized spacial score (nSPS) is 12.6. The molecular formula is C10H12BrFO2. The zero-order valence-electron chi connectivity index (χ0n) is 8.05. The summed E-state index contributed by atoms with van der Waals surface area (Å²) >= 11 is 3.25. The van der Waals surface area contributed by atoms with E-state index in [1.807, 2.05) is 0 Å². The third-order valence-corrected chi connectivity index (χ3v) is 2.77. The third kappa shape index (κ3) is 2.07. The Balaban J connectivity index is 3.25. The van der Waals surface area contributed by atoms with Crippen LogP contribution in [-0.4, -0.2) is 18.8 Å². The minimum atomic E-state index is -0.413. The van der Waals surface area contributed by atoms with Gasteiger partial charge in [0.1, 0.15) is 0 Å². The molecule has 0 fully saturated rings. The maximum atomic E-state index is 13.7. The van der Waals surface area contributed by atoms with Crippen LogP contribution in [0.3, 0.4) is 0 Å². The van der Waals surface area contributed by atoms with Crippen molar-refractivity contribution in [2.45, 2.75) is 12.8 Å². The van der Waals surface area contributed by atoms with Crippen LogP contribution in [0.4, 0.5) is 4.39 Å². The van der Waals surface area contributed by atoms with Gasteiger partial charge in [0.15, 0.2) is 11.6 Å². The van der Waals surface area contributed by atoms with Gasteiger partial charge in [-0.3, -0.25) is 0 Å². The van der Waals surface area contributed by atoms with Crippen molar-refractivity contribution in [3.8, 4) is 5.75 Å². The van der Waals surface area contributed by atoms with Crippen LogP contribution in [-0.2, 0) is 0 Å². The largest absolute Gasteiger partial charge is 0.494 e. The minimum absolute atomic E-state index is 0.0946. The van der Waals surface area contributed by atoms with Gasteiger partial charge < -0.3 is 9.84 Å². The number of ether oxygens (including phenoxy) is 1. The lowest BCUT2D eigenvalue weighted by Crippen LogP contribution is -2.04. The smallest absolute Gasteiger partial charge is 0.169 e. The van der Waals surface area contributed by atoms with Crippen molar-refractivity contribution in [3.05, 3.63) is 28.0 Å². The second-order valence-corrected chi connectivity index (χ2v) is 3.92. The first kappa shape index (κ1) is 11.5. The van der Waals surface area contributed by atoms with Crippen molar-refractivity contribution < 1.29 is 14.2 Å². The molecule has 78 valence electrons. The molecule has 4 heteroatoms. The highest BCUT2D eigenvalue weighted by Gasteiger charge is 2.17. The molecule has 0 bridgehead atoms. The summed E-state index contributed by atoms with van der Waals surface area (Å²) in [6.45, 7) is 1.66. The van der Waals surface area contributed by atoms with E-state index in [1.54, 1.807) is 19.1 Å². The molecule has 1 N–H and O–H groups in total. The van der Waals surface area contributed by atoms with Gasteiger partial charge in [-0.2, -0.15) is 0 Å². The van der Waals surface area contributed by atoms with E-state index in [4.69, 9.17) is 9.84 Å². The van der Waals surface area contributed by atoms with E-state index in [0.29, 0.717) is 10.0 Å². The lowest BCUT2D eigenvalue weighted by atomic mass is 10.0. The topological polar surface area (TPSA) is 29.5 Å². The number of halogens is 2. The van der Waals surface area contributed by atoms with Crippen molar-refractivity contribution in [2.75, 3.05) is 13.7 Å². The van der Waals surface area contributed by atoms with Crippen molar-refractivity contribution in [2.24, 2.45) is 0 Å². The molecule has 14 heavy (non-hydrogen) atoms. The Labute approximate surface area is 90.8 Å². The molecule has 1 unspecified atom stereocenters. The zero-order valence-corrected chi connectivity index (χ0v) is 9.64. The van der Waals surface area contributed by atoms with E-state index in [-0.39, 0.29) is 18.3 Å². The molecule has 1 atom stereocenters. The van der Waals surface area contributed by atoms with Crippen LogP contribution in [0, 0.1) is 5.82 Å². The van der Waals surface area contributed by atoms with E-state index >= 15 is 0 Å². The van der Waals surface area contributed by atoms with Gasteiger partial charge in [-0.25, -0.2) is 4.39 Å². The fraction of sp³-hybridized carbons (Fsp3) is 0.400. The number of hydrogen-bond donors (Lipinski definition) is 1. The van der Waals surface area contributed by atoms with Crippen LogP contribution in [0.1, 0.15) is 18.4 Å². The van der Waals surface area contributed by atoms with Crippen LogP contribution in [0.2, 0.25) is 0 Å². The lowest BCUT2D eigenvalue weighted by Gasteiger charge is -2.14. The molecule has 0 aliphatic carbocycles. The molecule has 1 rings (SSSR count). The molecule has 0 spiro atoms. The number of aliphatic hydroxyl groups is 1. The highest BCUT2D eigenvalue weighted by atomic mass is 79.9. The molecule has 0 amide bonds. The molecule has 0 aromatic heterocycles. The first-order valence-corrected chi connectivity index (χ1v) is 5.03. The van der Waals surface area contributed by atoms with Crippen molar-refractivity contribution >= 4 is 15.9 Å². The molecular weight excluding hydrogens is 251 g/mol. The van der Waals surface area contributed by atoms with Gasteiger partial charge in [0.2, 0.25) is 0 Å². The Bertz CT molecular complexity index is 328. The van der Waals surface area contributed by atoms with Crippen LogP contribution in [0.25, 0.3) is 0 Å². The van der Waals surface area contributed by atoms with Gasteiger partial charge in [0.25, 0.3) is 0 Å². The number of rotatable bonds is 3. The average Bonchev–Trinajstić information content (AvgIpc) is 2.18. The van der Waals surface area contributed by atoms with Crippen molar-refractivity contribution in [3.63, 3.8) is 0 Å². The Morgan fingerprint density at radius 3 is 2.71 bits per heavy atom. The van der Waals surface area contributed by atoms with E-state index in [1.165, 1.54) is 7.11 Å². The fourth-order valence-electron chi connectivity index (χ4n) is 1.25. The molecule has 0 aliphatic heterocycles. The second kappa shape index (κ2) is 4.75. The second-order valence-electron chi connectivity index (χ2n) is 3.06. The molecule has 1 aromatic carbocycles. The van der Waals surface area contributed by atoms with Crippen molar-refractivity contribution in [1.29, 1.82) is 0 Å². The monoisotopic (exact) mass is 262 g/mol. The van der Waals surface area contributed by atoms with E-state index in [0.717, 1.165) is 0 Å². The average molecular weight is 263 g/mol. The van der Waals surface area contributed by atoms with Gasteiger partial charge in [-0.15, -0.1) is 0 Å². The molecule has 1 aromatic rings. The number of benzene rings is 1. The quantitative estimate of drug-likeness (QED) is 0.908. The van der Waals surface area contributed by atoms with Gasteiger partial charge in [0, 0.05) is 22.6 Å². The Hall–Kier alpha value is -0.610. The number of methoxy groups -OCH3 is 1. The van der Waals surface area contributed by atoms with Crippen LogP contribution < -0.4 is 4.74 Å². The Morgan fingerprint density at radius 1 is 1.57 bits per heavy atom. The highest BCUT2D eigenvalue weighted by molar-refractivity contribution is 9.10. The van der Waals surface area contributed by atoms with Crippen LogP contribution in [0.15, 0.2) is 16.6 Å². The molecule has 0 aliphatic rings. The maximum Gasteiger partial charge on any atom is 0.169 e. The molecule has 0 saturated carbocycles. The summed E-state index contributed by atoms with van der Waals surface area (Å²) in [5.41, 5.74) is 0.451. The SMILES string of the molecule is COc1ccc(Br)c(C(C)CO)c1F. The third-order valence-electron chi connectivity index (χ3n) is 2.08. The summed E-state index contributed by atoms with van der Waals surface area (Å²) in [6.07, 6.45) is 0. The van der Waals surface area contributed by atoms with Crippen LogP contribution >= 0.6 is 15.9 Å². The summed E-state index contributed by atoms with van der Waals surface area (Å²) in [6, 6.07) is 3.26. The maximum absolute atomic E-state index is 13.7. The Morgan fingerprint density at radius 2 is 2.21 bits per heavy atom. The summed E-state index contributed by atoms with van der Waals surface area (Å²) in [5.74, 6) is -0.466. The molecule has 0 radical (unpaired) electrons. The van der Waals surface area contributed by atoms with E-state index in [9.17, 15) is 4.39 Å². The van der Waals surface area contributed by atoms with Crippen LogP contribution in [0.5, 0.6) is 5.75 Å². The minimum Gasteiger partial charge on any atom is -0.494 e. The van der Waals surface area contributed by atoms with Gasteiger partial charge in [0.05, 0.1) is 7.11 Å². The lowest BCUT2D eigenvalue weighted by molar-refractivity contribution is 0.269. The zero-order chi connectivity index (χ0) is 10.7. The van der Waals surface area contributed by atoms with E-state index < -0.39 is 5.82 Å². The first-order chi connectivity index (χ1) is 6.61. The van der Waals surface area contributed by atoms with Gasteiger partial charge in [-0.1, -0.05) is 22.9 Å². The summed E-state index contributed by atoms with van der Waals surface area (Å²) < 4.78 is 19.2. The standard InChI is InChI=1S/C10H12BrFO2/c1-6(5-13)9-7(11)3-4-8(14-2)10(9)12/h3-4,6,13H,5H2,1-2H3. The molecule has 2 nitrogen and oxygen atoms in total. The number of hydrogen-bond acceptors (Lipinski definition) is 2.